The third kappa shape index (κ3) is 4.51. The first-order chi connectivity index (χ1) is 17.1. The average Bonchev–Trinajstić information content (AvgIpc) is 3.51. The van der Waals surface area contributed by atoms with Gasteiger partial charge in [0.05, 0.1) is 6.54 Å². The summed E-state index contributed by atoms with van der Waals surface area (Å²) in [5, 5.41) is 0. The van der Waals surface area contributed by atoms with Crippen LogP contribution < -0.4 is 5.73 Å². The Kier molecular flexibility index (Phi) is 6.49. The van der Waals surface area contributed by atoms with Gasteiger partial charge >= 0.3 is 0 Å². The average molecular weight is 466 g/mol. The van der Waals surface area contributed by atoms with Crippen molar-refractivity contribution in [2.45, 2.75) is 50.6 Å². The van der Waals surface area contributed by atoms with Crippen LogP contribution >= 0.6 is 0 Å². The topological polar surface area (TPSA) is 75.8 Å². The van der Waals surface area contributed by atoms with Crippen LogP contribution in [0.4, 0.5) is 0 Å². The summed E-state index contributed by atoms with van der Waals surface area (Å²) in [5.74, 6) is 0.839. The number of hydrogen-bond donors (Lipinski definition) is 1. The van der Waals surface area contributed by atoms with Gasteiger partial charge in [-0.2, -0.15) is 0 Å². The van der Waals surface area contributed by atoms with Crippen LogP contribution in [-0.2, 0) is 16.9 Å². The van der Waals surface area contributed by atoms with E-state index in [4.69, 9.17) is 10.7 Å². The fourth-order valence-electron chi connectivity index (χ4n) is 5.44. The summed E-state index contributed by atoms with van der Waals surface area (Å²) < 4.78 is 0. The molecule has 1 amide bonds. The predicted molar refractivity (Wildman–Crippen MR) is 138 cm³/mol. The van der Waals surface area contributed by atoms with Crippen LogP contribution in [-0.4, -0.2) is 22.5 Å². The third-order valence-corrected chi connectivity index (χ3v) is 7.34. The van der Waals surface area contributed by atoms with Crippen LogP contribution in [0.2, 0.25) is 0 Å². The van der Waals surface area contributed by atoms with Crippen molar-refractivity contribution in [1.29, 1.82) is 0 Å². The highest BCUT2D eigenvalue weighted by Gasteiger charge is 2.50. The molecule has 1 fully saturated rings. The number of carbonyl (C=O) groups excluding carboxylic acids is 2. The minimum atomic E-state index is -1.22. The van der Waals surface area contributed by atoms with Crippen molar-refractivity contribution in [3.05, 3.63) is 107 Å². The van der Waals surface area contributed by atoms with Gasteiger partial charge in [0.25, 0.3) is 5.91 Å². The second-order valence-corrected chi connectivity index (χ2v) is 9.62. The molecule has 1 aliphatic carbocycles. The molecule has 5 heteroatoms. The van der Waals surface area contributed by atoms with Gasteiger partial charge in [-0.1, -0.05) is 105 Å². The molecule has 5 rings (SSSR count). The number of Topliss-reactive ketones (excluding diaryl/α,β-unsaturated/α-hetero) is 1. The molecule has 5 nitrogen and oxygen atoms in total. The summed E-state index contributed by atoms with van der Waals surface area (Å²) in [6, 6.07) is 26.7. The van der Waals surface area contributed by atoms with E-state index in [-0.39, 0.29) is 24.2 Å². The maximum Gasteiger partial charge on any atom is 0.266 e. The van der Waals surface area contributed by atoms with E-state index < -0.39 is 5.54 Å². The van der Waals surface area contributed by atoms with E-state index in [1.807, 2.05) is 84.9 Å². The van der Waals surface area contributed by atoms with Crippen molar-refractivity contribution >= 4 is 17.6 Å². The molecule has 178 valence electrons. The highest BCUT2D eigenvalue weighted by atomic mass is 16.2. The number of ketones is 1. The van der Waals surface area contributed by atoms with E-state index in [1.54, 1.807) is 0 Å². The molecule has 0 radical (unpaired) electrons. The third-order valence-electron chi connectivity index (χ3n) is 7.34. The van der Waals surface area contributed by atoms with Gasteiger partial charge in [0.2, 0.25) is 0 Å². The van der Waals surface area contributed by atoms with Crippen LogP contribution in [0.15, 0.2) is 89.9 Å². The molecule has 1 aliphatic heterocycles. The first-order valence-corrected chi connectivity index (χ1v) is 12.5. The van der Waals surface area contributed by atoms with Gasteiger partial charge in [-0.15, -0.1) is 0 Å². The first-order valence-electron chi connectivity index (χ1n) is 12.5. The molecular formula is C30H31N3O2. The molecule has 2 N–H and O–H groups in total. The highest BCUT2D eigenvalue weighted by molar-refractivity contribution is 6.09. The fraction of sp³-hybridized carbons (Fsp3) is 0.300. The summed E-state index contributed by atoms with van der Waals surface area (Å²) in [7, 11) is 0. The Morgan fingerprint density at radius 3 is 2.17 bits per heavy atom. The number of nitrogens with two attached hydrogens (primary N) is 1. The first kappa shape index (κ1) is 23.0. The second kappa shape index (κ2) is 9.87. The molecule has 2 aliphatic rings. The predicted octanol–water partition coefficient (Wildman–Crippen LogP) is 5.44. The van der Waals surface area contributed by atoms with Crippen LogP contribution in [0.25, 0.3) is 0 Å². The van der Waals surface area contributed by atoms with Crippen LogP contribution in [0, 0.1) is 5.92 Å². The molecule has 1 saturated carbocycles. The SMILES string of the molecule is NC1=NC(c2ccccc2)(c2ccccc2)C(=O)N1Cc1cccc(C(=O)CCC2CCCC2)c1. The number of nitrogens with zero attached hydrogens (tertiary/aromatic N) is 2. The summed E-state index contributed by atoms with van der Waals surface area (Å²) in [6.45, 7) is 0.263. The number of amides is 1. The number of hydrogen-bond acceptors (Lipinski definition) is 4. The standard InChI is InChI=1S/C30H31N3O2/c31-29-32-30(25-14-3-1-4-15-25,26-16-5-2-6-17-26)28(35)33(29)21-23-12-9-13-24(20-23)27(34)19-18-22-10-7-8-11-22/h1-6,9,12-17,20,22H,7-8,10-11,18-19,21H2,(H2,31,32). The molecule has 3 aromatic carbocycles. The highest BCUT2D eigenvalue weighted by Crippen LogP contribution is 2.40. The maximum absolute atomic E-state index is 14.0. The molecule has 0 unspecified atom stereocenters. The lowest BCUT2D eigenvalue weighted by atomic mass is 9.83. The summed E-state index contributed by atoms with van der Waals surface area (Å²) in [4.78, 5) is 33.1. The van der Waals surface area contributed by atoms with Gasteiger partial charge in [-0.25, -0.2) is 4.99 Å². The molecular weight excluding hydrogens is 434 g/mol. The van der Waals surface area contributed by atoms with Crippen LogP contribution in [0.1, 0.15) is 65.6 Å². The molecule has 0 bridgehead atoms. The molecule has 3 aromatic rings. The summed E-state index contributed by atoms with van der Waals surface area (Å²) in [6.07, 6.45) is 6.60. The van der Waals surface area contributed by atoms with E-state index in [0.29, 0.717) is 17.9 Å². The van der Waals surface area contributed by atoms with Crippen molar-refractivity contribution in [2.75, 3.05) is 0 Å². The van der Waals surface area contributed by atoms with Crippen molar-refractivity contribution < 1.29 is 9.59 Å². The van der Waals surface area contributed by atoms with E-state index in [1.165, 1.54) is 30.6 Å². The van der Waals surface area contributed by atoms with Crippen molar-refractivity contribution in [2.24, 2.45) is 16.6 Å². The van der Waals surface area contributed by atoms with Crippen LogP contribution in [0.5, 0.6) is 0 Å². The quantitative estimate of drug-likeness (QED) is 0.450. The van der Waals surface area contributed by atoms with Gasteiger partial charge in [-0.05, 0) is 35.1 Å². The van der Waals surface area contributed by atoms with Crippen molar-refractivity contribution in [3.63, 3.8) is 0 Å². The monoisotopic (exact) mass is 465 g/mol. The molecule has 0 spiro atoms. The smallest absolute Gasteiger partial charge is 0.266 e. The molecule has 35 heavy (non-hydrogen) atoms. The second-order valence-electron chi connectivity index (χ2n) is 9.62. The molecule has 1 heterocycles. The zero-order valence-corrected chi connectivity index (χ0v) is 19.9. The van der Waals surface area contributed by atoms with Gasteiger partial charge in [-0.3, -0.25) is 14.5 Å². The minimum absolute atomic E-state index is 0.163. The van der Waals surface area contributed by atoms with E-state index in [9.17, 15) is 9.59 Å². The van der Waals surface area contributed by atoms with Crippen LogP contribution in [0.3, 0.4) is 0 Å². The van der Waals surface area contributed by atoms with E-state index >= 15 is 0 Å². The molecule has 0 atom stereocenters. The Balaban J connectivity index is 1.39. The van der Waals surface area contributed by atoms with Gasteiger partial charge < -0.3 is 5.73 Å². The number of guanidine groups is 1. The zero-order valence-electron chi connectivity index (χ0n) is 19.9. The maximum atomic E-state index is 14.0. The number of rotatable bonds is 8. The summed E-state index contributed by atoms with van der Waals surface area (Å²) >= 11 is 0. The minimum Gasteiger partial charge on any atom is -0.369 e. The Morgan fingerprint density at radius 1 is 0.914 bits per heavy atom. The largest absolute Gasteiger partial charge is 0.369 e. The Hall–Kier alpha value is -3.73. The lowest BCUT2D eigenvalue weighted by Crippen LogP contribution is -2.43. The zero-order chi connectivity index (χ0) is 24.3. The van der Waals surface area contributed by atoms with Gasteiger partial charge in [0, 0.05) is 12.0 Å². The lowest BCUT2D eigenvalue weighted by Gasteiger charge is -2.27. The van der Waals surface area contributed by atoms with Crippen molar-refractivity contribution in [3.8, 4) is 0 Å². The number of carbonyl (C=O) groups is 2. The van der Waals surface area contributed by atoms with Gasteiger partial charge in [0.1, 0.15) is 0 Å². The Bertz CT molecular complexity index is 1190. The van der Waals surface area contributed by atoms with E-state index in [0.717, 1.165) is 23.1 Å². The molecule has 0 saturated heterocycles. The van der Waals surface area contributed by atoms with Crippen molar-refractivity contribution in [1.82, 2.24) is 4.90 Å². The normalized spacial score (nSPS) is 17.5. The number of aliphatic imine (C=N–C) groups is 1. The number of benzene rings is 3. The fourth-order valence-corrected chi connectivity index (χ4v) is 5.44. The Labute approximate surface area is 206 Å². The Morgan fingerprint density at radius 2 is 1.54 bits per heavy atom. The molecule has 0 aromatic heterocycles. The lowest BCUT2D eigenvalue weighted by molar-refractivity contribution is -0.130. The van der Waals surface area contributed by atoms with E-state index in [2.05, 4.69) is 0 Å². The summed E-state index contributed by atoms with van der Waals surface area (Å²) in [5.41, 5.74) is 8.26. The van der Waals surface area contributed by atoms with Gasteiger partial charge in [0.15, 0.2) is 17.3 Å².